The van der Waals surface area contributed by atoms with Gasteiger partial charge in [0.1, 0.15) is 0 Å². The zero-order valence-electron chi connectivity index (χ0n) is 11.1. The number of amides is 1. The van der Waals surface area contributed by atoms with Crippen molar-refractivity contribution in [1.82, 2.24) is 10.6 Å². The van der Waals surface area contributed by atoms with Crippen molar-refractivity contribution in [3.63, 3.8) is 0 Å². The van der Waals surface area contributed by atoms with Crippen LogP contribution in [-0.2, 0) is 4.79 Å². The third-order valence-corrected chi connectivity index (χ3v) is 4.27. The van der Waals surface area contributed by atoms with E-state index < -0.39 is 0 Å². The molecular weight excluding hydrogens is 200 g/mol. The lowest BCUT2D eigenvalue weighted by atomic mass is 9.88. The summed E-state index contributed by atoms with van der Waals surface area (Å²) >= 11 is 0. The topological polar surface area (TPSA) is 41.1 Å². The van der Waals surface area contributed by atoms with E-state index in [1.54, 1.807) is 0 Å². The molecule has 1 aliphatic rings. The Bertz CT molecular complexity index is 228. The number of nitrogens with one attached hydrogen (secondary N) is 2. The molecule has 1 aliphatic heterocycles. The predicted molar refractivity (Wildman–Crippen MR) is 67.3 cm³/mol. The van der Waals surface area contributed by atoms with Gasteiger partial charge in [-0.05, 0) is 31.7 Å². The van der Waals surface area contributed by atoms with Gasteiger partial charge >= 0.3 is 0 Å². The highest BCUT2D eigenvalue weighted by Crippen LogP contribution is 2.22. The second-order valence-corrected chi connectivity index (χ2v) is 5.07. The first-order valence-electron chi connectivity index (χ1n) is 6.61. The Morgan fingerprint density at radius 1 is 1.25 bits per heavy atom. The first-order valence-corrected chi connectivity index (χ1v) is 6.61. The molecule has 2 atom stereocenters. The maximum atomic E-state index is 12.2. The summed E-state index contributed by atoms with van der Waals surface area (Å²) in [5.41, 5.74) is 0.0133. The first kappa shape index (κ1) is 13.5. The SMILES string of the molecule is CCC(CC)(CC)NC(=O)C1CNCC1C. The number of carbonyl (C=O) groups excluding carboxylic acids is 1. The summed E-state index contributed by atoms with van der Waals surface area (Å²) in [4.78, 5) is 12.2. The third-order valence-electron chi connectivity index (χ3n) is 4.27. The number of hydrogen-bond donors (Lipinski definition) is 2. The van der Waals surface area contributed by atoms with Crippen molar-refractivity contribution < 1.29 is 4.79 Å². The van der Waals surface area contributed by atoms with Gasteiger partial charge in [-0.3, -0.25) is 4.79 Å². The van der Waals surface area contributed by atoms with E-state index in [0.29, 0.717) is 5.92 Å². The molecule has 2 unspecified atom stereocenters. The molecular formula is C13H26N2O. The Morgan fingerprint density at radius 2 is 1.81 bits per heavy atom. The monoisotopic (exact) mass is 226 g/mol. The molecule has 3 heteroatoms. The van der Waals surface area contributed by atoms with Gasteiger partial charge in [0.2, 0.25) is 5.91 Å². The van der Waals surface area contributed by atoms with Gasteiger partial charge in [-0.2, -0.15) is 0 Å². The minimum absolute atomic E-state index is 0.0133. The molecule has 0 aliphatic carbocycles. The van der Waals surface area contributed by atoms with Gasteiger partial charge in [0.05, 0.1) is 5.92 Å². The average Bonchev–Trinajstić information content (AvgIpc) is 2.72. The van der Waals surface area contributed by atoms with Crippen molar-refractivity contribution in [1.29, 1.82) is 0 Å². The van der Waals surface area contributed by atoms with Crippen molar-refractivity contribution in [2.45, 2.75) is 52.5 Å². The van der Waals surface area contributed by atoms with Crippen LogP contribution in [0.1, 0.15) is 47.0 Å². The fourth-order valence-electron chi connectivity index (χ4n) is 2.53. The summed E-state index contributed by atoms with van der Waals surface area (Å²) in [5.74, 6) is 0.857. The molecule has 3 nitrogen and oxygen atoms in total. The first-order chi connectivity index (χ1) is 7.58. The fourth-order valence-corrected chi connectivity index (χ4v) is 2.53. The molecule has 0 aromatic rings. The van der Waals surface area contributed by atoms with Crippen molar-refractivity contribution in [3.8, 4) is 0 Å². The van der Waals surface area contributed by atoms with Crippen LogP contribution in [-0.4, -0.2) is 24.5 Å². The summed E-state index contributed by atoms with van der Waals surface area (Å²) in [5, 5.41) is 6.55. The van der Waals surface area contributed by atoms with Gasteiger partial charge in [-0.1, -0.05) is 27.7 Å². The maximum Gasteiger partial charge on any atom is 0.225 e. The highest BCUT2D eigenvalue weighted by atomic mass is 16.2. The van der Waals surface area contributed by atoms with Gasteiger partial charge < -0.3 is 10.6 Å². The predicted octanol–water partition coefficient (Wildman–Crippen LogP) is 1.93. The third kappa shape index (κ3) is 2.76. The molecule has 2 N–H and O–H groups in total. The van der Waals surface area contributed by atoms with Crippen LogP contribution in [0.5, 0.6) is 0 Å². The molecule has 1 fully saturated rings. The van der Waals surface area contributed by atoms with Crippen LogP contribution in [0.15, 0.2) is 0 Å². The Morgan fingerprint density at radius 3 is 2.19 bits per heavy atom. The molecule has 1 saturated heterocycles. The summed E-state index contributed by atoms with van der Waals surface area (Å²) < 4.78 is 0. The Hall–Kier alpha value is -0.570. The summed E-state index contributed by atoms with van der Waals surface area (Å²) in [6.45, 7) is 10.4. The normalized spacial score (nSPS) is 25.8. The van der Waals surface area contributed by atoms with Gasteiger partial charge in [0, 0.05) is 12.1 Å². The lowest BCUT2D eigenvalue weighted by molar-refractivity contribution is -0.127. The molecule has 0 bridgehead atoms. The maximum absolute atomic E-state index is 12.2. The fraction of sp³-hybridized carbons (Fsp3) is 0.923. The van der Waals surface area contributed by atoms with E-state index in [9.17, 15) is 4.79 Å². The summed E-state index contributed by atoms with van der Waals surface area (Å²) in [7, 11) is 0. The van der Waals surface area contributed by atoms with Gasteiger partial charge in [-0.25, -0.2) is 0 Å². The van der Waals surface area contributed by atoms with Crippen LogP contribution in [0.3, 0.4) is 0 Å². The molecule has 1 amide bonds. The van der Waals surface area contributed by atoms with Crippen LogP contribution in [0, 0.1) is 11.8 Å². The van der Waals surface area contributed by atoms with Crippen molar-refractivity contribution in [3.05, 3.63) is 0 Å². The quantitative estimate of drug-likeness (QED) is 0.752. The smallest absolute Gasteiger partial charge is 0.225 e. The molecule has 1 heterocycles. The van der Waals surface area contributed by atoms with Gasteiger partial charge in [0.25, 0.3) is 0 Å². The van der Waals surface area contributed by atoms with Crippen LogP contribution in [0.25, 0.3) is 0 Å². The minimum Gasteiger partial charge on any atom is -0.350 e. The second-order valence-electron chi connectivity index (χ2n) is 5.07. The van der Waals surface area contributed by atoms with Crippen molar-refractivity contribution in [2.24, 2.45) is 11.8 Å². The summed E-state index contributed by atoms with van der Waals surface area (Å²) in [6, 6.07) is 0. The van der Waals surface area contributed by atoms with E-state index in [-0.39, 0.29) is 17.4 Å². The van der Waals surface area contributed by atoms with Crippen molar-refractivity contribution >= 4 is 5.91 Å². The van der Waals surface area contributed by atoms with Crippen LogP contribution in [0.2, 0.25) is 0 Å². The van der Waals surface area contributed by atoms with Crippen LogP contribution in [0.4, 0.5) is 0 Å². The number of hydrogen-bond acceptors (Lipinski definition) is 2. The molecule has 94 valence electrons. The number of carbonyl (C=O) groups is 1. The van der Waals surface area contributed by atoms with Gasteiger partial charge in [0.15, 0.2) is 0 Å². The molecule has 1 rings (SSSR count). The largest absolute Gasteiger partial charge is 0.350 e. The van der Waals surface area contributed by atoms with E-state index in [2.05, 4.69) is 38.3 Å². The average molecular weight is 226 g/mol. The molecule has 0 aromatic heterocycles. The molecule has 16 heavy (non-hydrogen) atoms. The zero-order valence-corrected chi connectivity index (χ0v) is 11.1. The molecule has 0 saturated carbocycles. The van der Waals surface area contributed by atoms with Gasteiger partial charge in [-0.15, -0.1) is 0 Å². The highest BCUT2D eigenvalue weighted by Gasteiger charge is 2.34. The lowest BCUT2D eigenvalue weighted by Crippen LogP contribution is -2.50. The van der Waals surface area contributed by atoms with E-state index in [0.717, 1.165) is 32.4 Å². The van der Waals surface area contributed by atoms with E-state index >= 15 is 0 Å². The van der Waals surface area contributed by atoms with E-state index in [4.69, 9.17) is 0 Å². The van der Waals surface area contributed by atoms with Crippen molar-refractivity contribution in [2.75, 3.05) is 13.1 Å². The van der Waals surface area contributed by atoms with Crippen LogP contribution >= 0.6 is 0 Å². The lowest BCUT2D eigenvalue weighted by Gasteiger charge is -2.33. The summed E-state index contributed by atoms with van der Waals surface area (Å²) in [6.07, 6.45) is 3.04. The molecule has 0 spiro atoms. The van der Waals surface area contributed by atoms with Crippen LogP contribution < -0.4 is 10.6 Å². The highest BCUT2D eigenvalue weighted by molar-refractivity contribution is 5.80. The Kier molecular flexibility index (Phi) is 4.78. The number of rotatable bonds is 5. The zero-order chi connectivity index (χ0) is 12.2. The second kappa shape index (κ2) is 5.67. The Balaban J connectivity index is 2.61. The standard InChI is InChI=1S/C13H26N2O/c1-5-13(6-2,7-3)15-12(16)11-9-14-8-10(11)4/h10-11,14H,5-9H2,1-4H3,(H,15,16). The molecule has 0 radical (unpaired) electrons. The van der Waals surface area contributed by atoms with E-state index in [1.807, 2.05) is 0 Å². The van der Waals surface area contributed by atoms with E-state index in [1.165, 1.54) is 0 Å². The minimum atomic E-state index is 0.0133. The molecule has 0 aromatic carbocycles. The Labute approximate surface area is 99.4 Å².